The molecule has 1 fully saturated rings. The molecule has 2 aromatic rings. The molecular weight excluding hydrogens is 559 g/mol. The topological polar surface area (TPSA) is 84.0 Å². The Kier molecular flexibility index (Phi) is 6.98. The highest BCUT2D eigenvalue weighted by atomic mass is 31.0. The number of carbonyl (C=O) groups is 2. The van der Waals surface area contributed by atoms with Gasteiger partial charge in [0.15, 0.2) is 0 Å². The number of hydrogen-bond acceptors (Lipinski definition) is 7. The average molecular weight is 599 g/mol. The Balaban J connectivity index is 1.33. The number of ether oxygens (including phenoxy) is 2. The van der Waals surface area contributed by atoms with Crippen molar-refractivity contribution in [1.29, 1.82) is 0 Å². The number of nitrogens with one attached hydrogen (secondary N) is 1. The van der Waals surface area contributed by atoms with Crippen LogP contribution < -0.4 is 10.6 Å². The predicted molar refractivity (Wildman–Crippen MR) is 170 cm³/mol. The number of amides is 1. The number of pyridine rings is 1. The van der Waals surface area contributed by atoms with E-state index >= 15 is 0 Å². The number of fused-ring (bicyclic) bond motifs is 4. The van der Waals surface area contributed by atoms with Crippen LogP contribution in [0, 0.1) is 12.8 Å². The number of aryl methyl sites for hydroxylation is 1. The van der Waals surface area contributed by atoms with Gasteiger partial charge in [0.1, 0.15) is 19.4 Å². The second-order valence-corrected chi connectivity index (χ2v) is 12.8. The molecule has 0 radical (unpaired) electrons. The monoisotopic (exact) mass is 598 g/mol. The summed E-state index contributed by atoms with van der Waals surface area (Å²) in [5, 5.41) is 5.27. The number of aromatic nitrogens is 1. The largest absolute Gasteiger partial charge is 0.460 e. The molecule has 8 nitrogen and oxygen atoms in total. The van der Waals surface area contributed by atoms with Gasteiger partial charge in [-0.15, -0.1) is 9.24 Å². The van der Waals surface area contributed by atoms with E-state index < -0.39 is 0 Å². The Morgan fingerprint density at radius 3 is 2.84 bits per heavy atom. The molecule has 4 unspecified atom stereocenters. The van der Waals surface area contributed by atoms with Gasteiger partial charge in [-0.2, -0.15) is 0 Å². The van der Waals surface area contributed by atoms with Crippen molar-refractivity contribution in [3.63, 3.8) is 0 Å². The Morgan fingerprint density at radius 2 is 2.07 bits per heavy atom. The zero-order valence-corrected chi connectivity index (χ0v) is 26.4. The maximum absolute atomic E-state index is 12.7. The van der Waals surface area contributed by atoms with Gasteiger partial charge < -0.3 is 24.6 Å². The van der Waals surface area contributed by atoms with Gasteiger partial charge in [0.25, 0.3) is 0 Å². The third-order valence-electron chi connectivity index (χ3n) is 10.1. The number of benzene rings is 1. The van der Waals surface area contributed by atoms with E-state index in [0.717, 1.165) is 65.3 Å². The van der Waals surface area contributed by atoms with Crippen molar-refractivity contribution in [1.82, 2.24) is 20.1 Å². The van der Waals surface area contributed by atoms with Crippen LogP contribution in [0.3, 0.4) is 0 Å². The summed E-state index contributed by atoms with van der Waals surface area (Å²) in [6, 6.07) is 2.34. The SMILES string of the molecule is C=C1C2=C(C=C3c4nc5cc(P)c(C)c6c5c(c4CN13)C(N1CCC(OCNC(=O)CC)C1=C)CC6)C(CC)C(=O)OC2. The summed E-state index contributed by atoms with van der Waals surface area (Å²) in [6.07, 6.45) is 5.94. The number of rotatable bonds is 6. The highest BCUT2D eigenvalue weighted by Crippen LogP contribution is 2.51. The number of likely N-dealkylation sites (tertiary alicyclic amines) is 1. The van der Waals surface area contributed by atoms with Crippen molar-refractivity contribution in [2.45, 2.75) is 71.6 Å². The second kappa shape index (κ2) is 10.6. The molecule has 9 heteroatoms. The van der Waals surface area contributed by atoms with Gasteiger partial charge in [-0.3, -0.25) is 9.59 Å². The third-order valence-corrected chi connectivity index (χ3v) is 10.7. The lowest BCUT2D eigenvalue weighted by Gasteiger charge is -2.37. The van der Waals surface area contributed by atoms with Crippen molar-refractivity contribution < 1.29 is 19.1 Å². The first-order valence-corrected chi connectivity index (χ1v) is 16.0. The minimum Gasteiger partial charge on any atom is -0.460 e. The van der Waals surface area contributed by atoms with Crippen LogP contribution in [-0.2, 0) is 32.0 Å². The van der Waals surface area contributed by atoms with Gasteiger partial charge in [-0.25, -0.2) is 4.98 Å². The van der Waals surface area contributed by atoms with Gasteiger partial charge in [0.05, 0.1) is 35.4 Å². The molecule has 1 saturated heterocycles. The summed E-state index contributed by atoms with van der Waals surface area (Å²) in [4.78, 5) is 34.5. The summed E-state index contributed by atoms with van der Waals surface area (Å²) in [7, 11) is 2.91. The third kappa shape index (κ3) is 4.28. The molecule has 5 heterocycles. The van der Waals surface area contributed by atoms with Crippen LogP contribution in [0.1, 0.15) is 73.5 Å². The highest BCUT2D eigenvalue weighted by molar-refractivity contribution is 7.27. The van der Waals surface area contributed by atoms with E-state index in [-0.39, 0.29) is 43.3 Å². The molecular formula is C34H39N4O4P. The van der Waals surface area contributed by atoms with Gasteiger partial charge in [0, 0.05) is 40.9 Å². The van der Waals surface area contributed by atoms with Gasteiger partial charge >= 0.3 is 5.97 Å². The fourth-order valence-electron chi connectivity index (χ4n) is 7.68. The first-order valence-electron chi connectivity index (χ1n) is 15.4. The van der Waals surface area contributed by atoms with Crippen molar-refractivity contribution in [3.8, 4) is 0 Å². The number of esters is 1. The van der Waals surface area contributed by atoms with Crippen LogP contribution in [0.25, 0.3) is 16.6 Å². The number of allylic oxidation sites excluding steroid dienone is 1. The summed E-state index contributed by atoms with van der Waals surface area (Å²) >= 11 is 0. The van der Waals surface area contributed by atoms with Crippen LogP contribution in [0.4, 0.5) is 0 Å². The molecule has 4 atom stereocenters. The second-order valence-electron chi connectivity index (χ2n) is 12.2. The van der Waals surface area contributed by atoms with E-state index in [9.17, 15) is 9.59 Å². The van der Waals surface area contributed by atoms with E-state index in [1.807, 2.05) is 13.8 Å². The molecule has 1 N–H and O–H groups in total. The van der Waals surface area contributed by atoms with E-state index in [0.29, 0.717) is 19.4 Å². The predicted octanol–water partition coefficient (Wildman–Crippen LogP) is 4.68. The van der Waals surface area contributed by atoms with E-state index in [2.05, 4.69) is 56.6 Å². The molecule has 224 valence electrons. The fraction of sp³-hybridized carbons (Fsp3) is 0.441. The van der Waals surface area contributed by atoms with E-state index in [4.69, 9.17) is 14.5 Å². The Bertz CT molecular complexity index is 1690. The fourth-order valence-corrected chi connectivity index (χ4v) is 8.01. The maximum Gasteiger partial charge on any atom is 0.313 e. The minimum atomic E-state index is -0.286. The first kappa shape index (κ1) is 28.3. The van der Waals surface area contributed by atoms with Crippen LogP contribution in [0.5, 0.6) is 0 Å². The molecule has 1 aromatic carbocycles. The summed E-state index contributed by atoms with van der Waals surface area (Å²) < 4.78 is 11.7. The molecule has 7 rings (SSSR count). The smallest absolute Gasteiger partial charge is 0.313 e. The van der Waals surface area contributed by atoms with Gasteiger partial charge in [0.2, 0.25) is 5.91 Å². The molecule has 0 spiro atoms. The quantitative estimate of drug-likeness (QED) is 0.294. The number of cyclic esters (lactones) is 1. The number of hydrogen-bond donors (Lipinski definition) is 1. The maximum atomic E-state index is 12.7. The van der Waals surface area contributed by atoms with Crippen LogP contribution >= 0.6 is 9.24 Å². The van der Waals surface area contributed by atoms with Crippen LogP contribution in [0.15, 0.2) is 47.8 Å². The van der Waals surface area contributed by atoms with Crippen LogP contribution in [-0.4, -0.2) is 52.6 Å². The lowest BCUT2D eigenvalue weighted by atomic mass is 9.81. The zero-order chi connectivity index (χ0) is 30.2. The molecule has 0 bridgehead atoms. The Hall–Kier alpha value is -3.48. The van der Waals surface area contributed by atoms with E-state index in [1.54, 1.807) is 0 Å². The minimum absolute atomic E-state index is 0.0207. The number of carbonyl (C=O) groups excluding carboxylic acids is 2. The molecule has 1 aliphatic carbocycles. The van der Waals surface area contributed by atoms with Crippen molar-refractivity contribution in [2.24, 2.45) is 5.92 Å². The highest BCUT2D eigenvalue weighted by Gasteiger charge is 2.43. The van der Waals surface area contributed by atoms with Crippen molar-refractivity contribution in [2.75, 3.05) is 19.9 Å². The zero-order valence-electron chi connectivity index (χ0n) is 25.2. The summed E-state index contributed by atoms with van der Waals surface area (Å²) in [6.45, 7) is 17.1. The lowest BCUT2D eigenvalue weighted by molar-refractivity contribution is -0.147. The lowest BCUT2D eigenvalue weighted by Crippen LogP contribution is -2.33. The Labute approximate surface area is 255 Å². The first-order chi connectivity index (χ1) is 20.7. The van der Waals surface area contributed by atoms with Crippen molar-refractivity contribution in [3.05, 3.63) is 75.8 Å². The summed E-state index contributed by atoms with van der Waals surface area (Å²) in [5.41, 5.74) is 12.2. The molecule has 1 amide bonds. The van der Waals surface area contributed by atoms with Crippen molar-refractivity contribution >= 4 is 43.0 Å². The normalized spacial score (nSPS) is 24.2. The number of nitrogens with zero attached hydrogens (tertiary/aromatic N) is 3. The standard InChI is InChI=1S/C34H39N4O4P/c1-6-20-22-12-27-33-23(14-38(27)18(4)24(22)15-41-34(20)40)32-26(9-8-21-17(3)29(43)13-25(36-33)31(21)32)37-11-10-28(19(37)5)42-16-35-30(39)7-2/h12-13,20,26,28H,4-11,14-16,43H2,1-3H3,(H,35,39). The van der Waals surface area contributed by atoms with Crippen LogP contribution in [0.2, 0.25) is 0 Å². The average Bonchev–Trinajstić information content (AvgIpc) is 3.55. The van der Waals surface area contributed by atoms with Gasteiger partial charge in [-0.1, -0.05) is 27.0 Å². The summed E-state index contributed by atoms with van der Waals surface area (Å²) in [5.74, 6) is -0.469. The van der Waals surface area contributed by atoms with Gasteiger partial charge in [-0.05, 0) is 72.3 Å². The molecule has 4 aliphatic heterocycles. The molecule has 5 aliphatic rings. The van der Waals surface area contributed by atoms with E-state index in [1.165, 1.54) is 32.9 Å². The molecule has 43 heavy (non-hydrogen) atoms. The molecule has 1 aromatic heterocycles. The Morgan fingerprint density at radius 1 is 1.26 bits per heavy atom. The molecule has 0 saturated carbocycles.